The summed E-state index contributed by atoms with van der Waals surface area (Å²) < 4.78 is 64.6. The van der Waals surface area contributed by atoms with Gasteiger partial charge in [0.2, 0.25) is 0 Å². The molecule has 0 aromatic heterocycles. The smallest absolute Gasteiger partial charge is 0.365 e. The van der Waals surface area contributed by atoms with Crippen LogP contribution in [0, 0.1) is 0 Å². The lowest BCUT2D eigenvalue weighted by molar-refractivity contribution is 0.225. The molecule has 0 bridgehead atoms. The first-order chi connectivity index (χ1) is 29.4. The maximum atomic E-state index is 14.3. The van der Waals surface area contributed by atoms with E-state index in [1.54, 1.807) is 39.8 Å². The van der Waals surface area contributed by atoms with Gasteiger partial charge in [-0.3, -0.25) is 9.13 Å². The van der Waals surface area contributed by atoms with Gasteiger partial charge >= 0.3 is 15.2 Å². The minimum Gasteiger partial charge on any atom is -0.493 e. The molecule has 8 nitrogen and oxygen atoms in total. The normalized spacial score (nSPS) is 12.1. The molecular formula is C50H96O8P2. The van der Waals surface area contributed by atoms with Crippen molar-refractivity contribution in [2.24, 2.45) is 0 Å². The second-order valence-corrected chi connectivity index (χ2v) is 20.7. The van der Waals surface area contributed by atoms with Crippen LogP contribution in [0.3, 0.4) is 0 Å². The van der Waals surface area contributed by atoms with Gasteiger partial charge in [0.25, 0.3) is 0 Å². The molecular weight excluding hydrogens is 790 g/mol. The Kier molecular flexibility index (Phi) is 37.8. The number of benzene rings is 1. The van der Waals surface area contributed by atoms with Crippen LogP contribution >= 0.6 is 15.2 Å². The van der Waals surface area contributed by atoms with Crippen molar-refractivity contribution in [1.29, 1.82) is 0 Å². The quantitative estimate of drug-likeness (QED) is 0.0472. The van der Waals surface area contributed by atoms with Gasteiger partial charge in [0.1, 0.15) is 22.1 Å². The molecule has 10 heteroatoms. The summed E-state index contributed by atoms with van der Waals surface area (Å²) in [5.41, 5.74) is 0. The van der Waals surface area contributed by atoms with Crippen LogP contribution in [0.5, 0.6) is 11.5 Å². The van der Waals surface area contributed by atoms with Crippen molar-refractivity contribution in [3.63, 3.8) is 0 Å². The fourth-order valence-electron chi connectivity index (χ4n) is 7.89. The van der Waals surface area contributed by atoms with Crippen molar-refractivity contribution in [2.75, 3.05) is 39.6 Å². The van der Waals surface area contributed by atoms with E-state index >= 15 is 0 Å². The van der Waals surface area contributed by atoms with Crippen LogP contribution in [-0.4, -0.2) is 39.6 Å². The molecule has 0 radical (unpaired) electrons. The SMILES string of the molecule is CCCCCCCCCCCCCCCCCCOc1cc(P(=O)(OCC)OCC)c(OCCCCCCCCCCCCCCCCCC)cc1P(=O)(OCC)OCC. The lowest BCUT2D eigenvalue weighted by Gasteiger charge is -2.25. The highest BCUT2D eigenvalue weighted by Crippen LogP contribution is 2.54. The Balaban J connectivity index is 2.74. The zero-order valence-corrected chi connectivity index (χ0v) is 42.0. The topological polar surface area (TPSA) is 89.5 Å². The van der Waals surface area contributed by atoms with Crippen LogP contribution in [0.25, 0.3) is 0 Å². The third kappa shape index (κ3) is 27.3. The highest BCUT2D eigenvalue weighted by atomic mass is 31.2. The molecule has 0 saturated carbocycles. The molecule has 0 aliphatic rings. The summed E-state index contributed by atoms with van der Waals surface area (Å²) in [6.07, 6.45) is 41.4. The molecule has 0 unspecified atom stereocenters. The summed E-state index contributed by atoms with van der Waals surface area (Å²) in [5.74, 6) is 0.621. The molecule has 0 aliphatic heterocycles. The third-order valence-corrected chi connectivity index (χ3v) is 15.6. The second-order valence-electron chi connectivity index (χ2n) is 16.8. The van der Waals surface area contributed by atoms with Gasteiger partial charge in [0.15, 0.2) is 0 Å². The van der Waals surface area contributed by atoms with Crippen molar-refractivity contribution in [3.05, 3.63) is 12.1 Å². The summed E-state index contributed by atoms with van der Waals surface area (Å²) in [7, 11) is -7.57. The summed E-state index contributed by atoms with van der Waals surface area (Å²) in [6.45, 7) is 13.4. The van der Waals surface area contributed by atoms with Crippen LogP contribution in [0.1, 0.15) is 247 Å². The maximum absolute atomic E-state index is 14.3. The molecule has 0 atom stereocenters. The van der Waals surface area contributed by atoms with E-state index in [1.807, 2.05) is 0 Å². The van der Waals surface area contributed by atoms with E-state index in [0.29, 0.717) is 24.7 Å². The Labute approximate surface area is 371 Å². The highest BCUT2D eigenvalue weighted by Gasteiger charge is 2.37. The van der Waals surface area contributed by atoms with E-state index in [2.05, 4.69) is 13.8 Å². The average molecular weight is 887 g/mol. The molecule has 0 amide bonds. The van der Waals surface area contributed by atoms with Crippen molar-refractivity contribution in [1.82, 2.24) is 0 Å². The Morgan fingerprint density at radius 3 is 0.717 bits per heavy atom. The first-order valence-electron chi connectivity index (χ1n) is 25.6. The molecule has 0 fully saturated rings. The second kappa shape index (κ2) is 39.7. The van der Waals surface area contributed by atoms with E-state index in [1.165, 1.54) is 167 Å². The average Bonchev–Trinajstić information content (AvgIpc) is 3.23. The molecule has 0 N–H and O–H groups in total. The minimum absolute atomic E-state index is 0.198. The summed E-state index contributed by atoms with van der Waals surface area (Å²) in [5, 5.41) is 0.570. The zero-order valence-electron chi connectivity index (χ0n) is 40.2. The van der Waals surface area contributed by atoms with E-state index in [4.69, 9.17) is 27.6 Å². The number of hydrogen-bond donors (Lipinski definition) is 0. The van der Waals surface area contributed by atoms with E-state index in [0.717, 1.165) is 38.5 Å². The molecule has 0 aliphatic carbocycles. The standard InChI is InChI=1S/C50H96O8P2/c1-7-13-15-17-19-21-23-25-27-29-31-33-35-37-39-41-43-53-47-45-50(60(52,57-11-5)58-12-6)48(46-49(47)59(51,55-9-3)56-10-4)54-44-42-40-38-36-34-32-30-28-26-24-22-20-18-16-14-8-2/h45-46H,7-44H2,1-6H3. The number of unbranched alkanes of at least 4 members (excludes halogenated alkanes) is 30. The molecule has 0 spiro atoms. The molecule has 0 heterocycles. The van der Waals surface area contributed by atoms with Crippen molar-refractivity contribution in [3.8, 4) is 11.5 Å². The molecule has 60 heavy (non-hydrogen) atoms. The van der Waals surface area contributed by atoms with Gasteiger partial charge in [0, 0.05) is 12.1 Å². The molecule has 1 aromatic carbocycles. The third-order valence-electron chi connectivity index (χ3n) is 11.3. The molecule has 1 rings (SSSR count). The van der Waals surface area contributed by atoms with Gasteiger partial charge in [-0.25, -0.2) is 0 Å². The van der Waals surface area contributed by atoms with Crippen LogP contribution in [-0.2, 0) is 27.2 Å². The fraction of sp³-hybridized carbons (Fsp3) is 0.880. The Hall–Kier alpha value is -0.880. The summed E-state index contributed by atoms with van der Waals surface area (Å²) >= 11 is 0. The lowest BCUT2D eigenvalue weighted by atomic mass is 10.0. The number of ether oxygens (including phenoxy) is 2. The van der Waals surface area contributed by atoms with Crippen LogP contribution in [0.2, 0.25) is 0 Å². The number of rotatable bonds is 46. The summed E-state index contributed by atoms with van der Waals surface area (Å²) in [6, 6.07) is 3.28. The van der Waals surface area contributed by atoms with Gasteiger partial charge in [-0.05, 0) is 40.5 Å². The van der Waals surface area contributed by atoms with Crippen LogP contribution in [0.15, 0.2) is 12.1 Å². The largest absolute Gasteiger partial charge is 0.493 e. The molecule has 354 valence electrons. The molecule has 1 aromatic rings. The van der Waals surface area contributed by atoms with Crippen molar-refractivity contribution in [2.45, 2.75) is 247 Å². The van der Waals surface area contributed by atoms with Crippen molar-refractivity contribution < 1.29 is 36.7 Å². The van der Waals surface area contributed by atoms with Gasteiger partial charge in [-0.15, -0.1) is 0 Å². The first kappa shape index (κ1) is 57.1. The Bertz CT molecular complexity index is 1100. The minimum atomic E-state index is -3.79. The monoisotopic (exact) mass is 887 g/mol. The molecule has 0 saturated heterocycles. The van der Waals surface area contributed by atoms with E-state index in [9.17, 15) is 9.13 Å². The Morgan fingerprint density at radius 2 is 0.517 bits per heavy atom. The predicted octanol–water partition coefficient (Wildman–Crippen LogP) is 16.7. The predicted molar refractivity (Wildman–Crippen MR) is 258 cm³/mol. The summed E-state index contributed by atoms with van der Waals surface area (Å²) in [4.78, 5) is 0. The van der Waals surface area contributed by atoms with Gasteiger partial charge in [-0.1, -0.05) is 206 Å². The zero-order chi connectivity index (χ0) is 43.8. The van der Waals surface area contributed by atoms with E-state index in [-0.39, 0.29) is 37.0 Å². The fourth-order valence-corrected chi connectivity index (χ4v) is 11.3. The first-order valence-corrected chi connectivity index (χ1v) is 28.7. The number of hydrogen-bond acceptors (Lipinski definition) is 8. The van der Waals surface area contributed by atoms with Crippen LogP contribution in [0.4, 0.5) is 0 Å². The maximum Gasteiger partial charge on any atom is 0.365 e. The van der Waals surface area contributed by atoms with E-state index < -0.39 is 15.2 Å². The van der Waals surface area contributed by atoms with Gasteiger partial charge < -0.3 is 27.6 Å². The van der Waals surface area contributed by atoms with Crippen LogP contribution < -0.4 is 20.1 Å². The Morgan fingerprint density at radius 1 is 0.317 bits per heavy atom. The lowest BCUT2D eigenvalue weighted by Crippen LogP contribution is -2.22. The van der Waals surface area contributed by atoms with Crippen molar-refractivity contribution >= 4 is 25.8 Å². The highest BCUT2D eigenvalue weighted by molar-refractivity contribution is 7.63. The van der Waals surface area contributed by atoms with Gasteiger partial charge in [-0.2, -0.15) is 0 Å². The van der Waals surface area contributed by atoms with Gasteiger partial charge in [0.05, 0.1) is 39.6 Å².